The van der Waals surface area contributed by atoms with Crippen LogP contribution in [0.5, 0.6) is 0 Å². The average Bonchev–Trinajstić information content (AvgIpc) is 1.59. The Kier molecular flexibility index (Phi) is 39.8. The fourth-order valence-corrected chi connectivity index (χ4v) is 18.3. The Morgan fingerprint density at radius 2 is 1.43 bits per heavy atom. The number of alkyl carbamates (subject to hydrolysis) is 1. The van der Waals surface area contributed by atoms with E-state index in [1.165, 1.54) is 26.1 Å². The second kappa shape index (κ2) is 50.8. The Morgan fingerprint density at radius 1 is 0.718 bits per heavy atom. The van der Waals surface area contributed by atoms with Crippen LogP contribution in [0.3, 0.4) is 0 Å². The molecule has 36 nitrogen and oxygen atoms in total. The van der Waals surface area contributed by atoms with Gasteiger partial charge < -0.3 is 114 Å². The van der Waals surface area contributed by atoms with Crippen molar-refractivity contribution < 1.29 is 110 Å². The number of aliphatic hydroxyl groups excluding tert-OH is 2. The van der Waals surface area contributed by atoms with Gasteiger partial charge in [-0.25, -0.2) is 24.2 Å². The first-order valence-electron chi connectivity index (χ1n) is 46.5. The molecule has 0 spiro atoms. The Hall–Kier alpha value is -9.09. The monoisotopic (exact) mass is 1830 g/mol. The van der Waals surface area contributed by atoms with Crippen molar-refractivity contribution in [3.8, 4) is 11.3 Å². The molecule has 1 saturated carbocycles. The van der Waals surface area contributed by atoms with Gasteiger partial charge in [0.2, 0.25) is 17.6 Å². The number of ether oxygens (including phenoxy) is 12. The molecule has 3 saturated heterocycles. The fourth-order valence-electron chi connectivity index (χ4n) is 18.3. The predicted octanol–water partition coefficient (Wildman–Crippen LogP) is 7.21. The Balaban J connectivity index is 0.518. The summed E-state index contributed by atoms with van der Waals surface area (Å²) >= 11 is 0. The number of nitrogens with two attached hydrogens (primary N) is 3. The summed E-state index contributed by atoms with van der Waals surface area (Å²) < 4.78 is 77.0. The number of oxazole rings is 1. The van der Waals surface area contributed by atoms with E-state index >= 15 is 0 Å². The standard InChI is InChI=1S/C95H139N13O23/c1-59-15-11-10-12-16-60(2)78(119-7)53-71-23-18-64(6)95(118,131-71)88(114)91(115)107-31-14-13-17-74(107)92(116)128-79(54-75(109)61(3)48-63(5)86(113)87(121-9)85(112)62(4)47-59)72(96)50-65-20-24-77(80(51-65)120-8)130-94(117)99-30-36-123-38-40-125-42-44-127-46-45-126-43-41-124-39-37-122-35-29-81(110)102-70-27-32-105(33-28-70)57-82(111)106-34-26-67-49-66(19-21-69(67)56-106)55-108-90-83(89(97)100-58-101-90)84(104-108)68-22-25-76-73(52-68)103-93(98)129-76/h10-12,15-16,19,21-22,25,48-49,52,58-59,61-62,64-65,70-72,74-75,77-80,86-87,109,113,118H,13-14,17-18,20,23-24,26-47,50-51,53-57,96H2,1-9H3,(H2,98,103)(H,99,117)(H,102,110)(H2,97,100,101)/b12-10?,15-11+,60-16?,63-48+/t59-,61-,62-,64-,65+,71+,72-,74+,75-,77-,78+,79+,80-,86-,87+,95-/m1/s1. The lowest BCUT2D eigenvalue weighted by Crippen LogP contribution is -2.61. The Bertz CT molecular complexity index is 4690. The number of methoxy groups -OCH3 is 3. The lowest BCUT2D eigenvalue weighted by molar-refractivity contribution is -0.265. The number of carbonyl (C=O) groups is 7. The van der Waals surface area contributed by atoms with Crippen LogP contribution >= 0.6 is 0 Å². The smallest absolute Gasteiger partial charge is 0.407 e. The summed E-state index contributed by atoms with van der Waals surface area (Å²) in [4.78, 5) is 116. The molecule has 5 aromatic rings. The SMILES string of the molecule is CO[C@H]1C[C@@H]2CC[C@@H](C)[C@@](O)(O2)C(=O)C(=O)N2CCCC[C@H]2C(=O)O[C@H]([C@H](N)C[C@@H]2CC[C@@H](OC(=O)NCCOCCOCCOCCOCCOCCOCCC(=O)NC3CCN(CC(=O)N4CCc5cc(Cn6nc(-c7ccc8oc(N)nc8c7)c7c(N)ncnc76)ccc5C4)CC3)[C@H](OC)C2)C[C@@H](O)[C@H](C)/C=C(\C)[C@@H](O)[C@@H](OC)C(=O)[C@H](C)C[C@H](C)/C=C/C=CC=C1C. The second-order valence-corrected chi connectivity index (χ2v) is 35.7. The van der Waals surface area contributed by atoms with E-state index in [4.69, 9.17) is 83.6 Å². The number of Topliss-reactive ketones (excluding diaryl/α,β-unsaturated/α-hetero) is 2. The van der Waals surface area contributed by atoms with Gasteiger partial charge >= 0.3 is 12.1 Å². The molecular weight excluding hydrogens is 1690 g/mol. The number of piperidine rings is 2. The van der Waals surface area contributed by atoms with Crippen LogP contribution in [-0.4, -0.2) is 309 Å². The number of cyclic esters (lactones) is 1. The molecule has 722 valence electrons. The van der Waals surface area contributed by atoms with Crippen LogP contribution in [0, 0.1) is 29.6 Å². The first-order chi connectivity index (χ1) is 63.1. The third-order valence-corrected chi connectivity index (χ3v) is 26.0. The lowest BCUT2D eigenvalue weighted by atomic mass is 9.80. The molecule has 11 N–H and O–H groups in total. The summed E-state index contributed by atoms with van der Waals surface area (Å²) in [6.45, 7) is 18.2. The van der Waals surface area contributed by atoms with Crippen molar-refractivity contribution in [2.75, 3.05) is 151 Å². The second-order valence-electron chi connectivity index (χ2n) is 35.7. The summed E-state index contributed by atoms with van der Waals surface area (Å²) in [6, 6.07) is 9.87. The molecule has 6 aliphatic rings. The molecule has 16 atom stereocenters. The third kappa shape index (κ3) is 29.2. The van der Waals surface area contributed by atoms with E-state index in [2.05, 4.69) is 48.7 Å². The zero-order valence-corrected chi connectivity index (χ0v) is 77.5. The van der Waals surface area contributed by atoms with Gasteiger partial charge in [0.15, 0.2) is 17.0 Å². The lowest BCUT2D eigenvalue weighted by Gasteiger charge is -2.42. The number of hydrogen-bond donors (Lipinski definition) is 8. The molecule has 11 rings (SSSR count). The molecule has 4 amide bonds. The van der Waals surface area contributed by atoms with Gasteiger partial charge in [-0.3, -0.25) is 28.9 Å². The maximum absolute atomic E-state index is 14.7. The minimum Gasteiger partial charge on any atom is -0.459 e. The zero-order chi connectivity index (χ0) is 93.7. The number of benzene rings is 2. The summed E-state index contributed by atoms with van der Waals surface area (Å²) in [5.41, 5.74) is 27.1. The third-order valence-electron chi connectivity index (χ3n) is 26.0. The number of hydrogen-bond acceptors (Lipinski definition) is 31. The zero-order valence-electron chi connectivity index (χ0n) is 77.5. The van der Waals surface area contributed by atoms with E-state index in [-0.39, 0.29) is 107 Å². The van der Waals surface area contributed by atoms with Gasteiger partial charge in [0, 0.05) is 115 Å². The van der Waals surface area contributed by atoms with Gasteiger partial charge in [0.05, 0.1) is 122 Å². The molecule has 2 aromatic carbocycles. The molecule has 131 heavy (non-hydrogen) atoms. The van der Waals surface area contributed by atoms with Crippen molar-refractivity contribution in [2.24, 2.45) is 35.3 Å². The average molecular weight is 1830 g/mol. The van der Waals surface area contributed by atoms with E-state index < -0.39 is 108 Å². The number of ketones is 2. The number of nitrogens with one attached hydrogen (secondary N) is 2. The first-order valence-corrected chi connectivity index (χ1v) is 46.5. The number of nitrogens with zero attached hydrogens (tertiary/aromatic N) is 8. The van der Waals surface area contributed by atoms with Crippen molar-refractivity contribution in [3.05, 3.63) is 107 Å². The summed E-state index contributed by atoms with van der Waals surface area (Å²) in [7, 11) is 4.47. The maximum atomic E-state index is 14.7. The number of aromatic nitrogens is 5. The molecule has 3 aromatic heterocycles. The highest BCUT2D eigenvalue weighted by molar-refractivity contribution is 6.39. The topological polar surface area (TPSA) is 472 Å². The molecule has 0 unspecified atom stereocenters. The Labute approximate surface area is 767 Å². The quantitative estimate of drug-likeness (QED) is 0.00872. The molecule has 5 aliphatic heterocycles. The summed E-state index contributed by atoms with van der Waals surface area (Å²) in [6.07, 6.45) is 11.5. The number of anilines is 2. The van der Waals surface area contributed by atoms with Gasteiger partial charge in [-0.2, -0.15) is 10.1 Å². The number of aliphatic hydroxyl groups is 3. The maximum Gasteiger partial charge on any atom is 0.407 e. The van der Waals surface area contributed by atoms with Gasteiger partial charge in [-0.1, -0.05) is 82.4 Å². The van der Waals surface area contributed by atoms with E-state index in [1.54, 1.807) is 46.9 Å². The first kappa shape index (κ1) is 102. The number of rotatable bonds is 34. The number of fused-ring (bicyclic) bond motifs is 6. The van der Waals surface area contributed by atoms with Crippen molar-refractivity contribution in [1.29, 1.82) is 0 Å². The van der Waals surface area contributed by atoms with Crippen molar-refractivity contribution in [2.45, 2.75) is 230 Å². The van der Waals surface area contributed by atoms with Crippen LogP contribution in [0.15, 0.2) is 94.7 Å². The molecule has 0 radical (unpaired) electrons. The van der Waals surface area contributed by atoms with Crippen molar-refractivity contribution in [1.82, 2.24) is 50.1 Å². The molecule has 2 bridgehead atoms. The minimum absolute atomic E-state index is 0.0195. The van der Waals surface area contributed by atoms with Crippen LogP contribution in [0.4, 0.5) is 16.6 Å². The minimum atomic E-state index is -2.49. The van der Waals surface area contributed by atoms with Crippen molar-refractivity contribution >= 4 is 75.3 Å². The van der Waals surface area contributed by atoms with Crippen LogP contribution in [0.1, 0.15) is 155 Å². The normalized spacial score (nSPS) is 27.4. The molecule has 36 heteroatoms. The highest BCUT2D eigenvalue weighted by atomic mass is 16.6. The van der Waals surface area contributed by atoms with Crippen molar-refractivity contribution in [3.63, 3.8) is 0 Å². The summed E-state index contributed by atoms with van der Waals surface area (Å²) in [5, 5.41) is 47.3. The predicted molar refractivity (Wildman–Crippen MR) is 486 cm³/mol. The molecule has 8 heterocycles. The molecule has 1 aliphatic carbocycles. The highest BCUT2D eigenvalue weighted by Gasteiger charge is 2.53. The highest BCUT2D eigenvalue weighted by Crippen LogP contribution is 2.40. The van der Waals surface area contributed by atoms with Crippen LogP contribution in [-0.2, 0) is 105 Å². The van der Waals surface area contributed by atoms with Crippen LogP contribution < -0.4 is 27.8 Å². The number of nitrogen functional groups attached to an aromatic ring is 2. The number of esters is 1. The van der Waals surface area contributed by atoms with E-state index in [0.717, 1.165) is 46.4 Å². The summed E-state index contributed by atoms with van der Waals surface area (Å²) in [5.74, 6) is -7.60. The largest absolute Gasteiger partial charge is 0.459 e. The van der Waals surface area contributed by atoms with E-state index in [0.29, 0.717) is 189 Å². The Morgan fingerprint density at radius 3 is 2.13 bits per heavy atom. The molecule has 4 fully saturated rings. The van der Waals surface area contributed by atoms with Gasteiger partial charge in [-0.05, 0) is 155 Å². The van der Waals surface area contributed by atoms with E-state index in [9.17, 15) is 48.9 Å². The number of amides is 4. The number of allylic oxidation sites excluding steroid dienone is 5. The fraction of sp³-hybridized carbons (Fsp3) is 0.653. The van der Waals surface area contributed by atoms with Crippen LogP contribution in [0.2, 0.25) is 0 Å². The number of carbonyl (C=O) groups excluding carboxylic acids is 7. The van der Waals surface area contributed by atoms with Gasteiger partial charge in [0.25, 0.3) is 17.7 Å². The van der Waals surface area contributed by atoms with Crippen LogP contribution in [0.25, 0.3) is 33.4 Å². The molecular formula is C95H139N13O23. The van der Waals surface area contributed by atoms with E-state index in [1.807, 2.05) is 65.9 Å². The van der Waals surface area contributed by atoms with Gasteiger partial charge in [0.1, 0.15) is 53.8 Å². The van der Waals surface area contributed by atoms with Gasteiger partial charge in [-0.15, -0.1) is 0 Å². The number of likely N-dealkylation sites (tertiary alicyclic amines) is 1.